The van der Waals surface area contributed by atoms with Crippen LogP contribution in [0.3, 0.4) is 0 Å². The lowest BCUT2D eigenvalue weighted by molar-refractivity contribution is -0.122. The van der Waals surface area contributed by atoms with Crippen LogP contribution in [0, 0.1) is 17.5 Å². The van der Waals surface area contributed by atoms with Gasteiger partial charge in [0.25, 0.3) is 0 Å². The Morgan fingerprint density at radius 1 is 1.24 bits per heavy atom. The number of carbonyl (C=O) groups excluding carboxylic acids is 1. The fourth-order valence-electron chi connectivity index (χ4n) is 1.27. The van der Waals surface area contributed by atoms with Gasteiger partial charge in [-0.05, 0) is 13.0 Å². The molecule has 0 saturated heterocycles. The molecular formula is C11H13F3N2O. The molecule has 0 aliphatic rings. The summed E-state index contributed by atoms with van der Waals surface area (Å²) in [6.07, 6.45) is 0. The first-order chi connectivity index (χ1) is 7.95. The molecule has 3 nitrogen and oxygen atoms in total. The van der Waals surface area contributed by atoms with Crippen LogP contribution in [0.25, 0.3) is 0 Å². The van der Waals surface area contributed by atoms with E-state index in [1.165, 1.54) is 7.05 Å². The fraction of sp³-hybridized carbons (Fsp3) is 0.364. The van der Waals surface area contributed by atoms with Gasteiger partial charge in [-0.3, -0.25) is 4.79 Å². The smallest absolute Gasteiger partial charge is 0.236 e. The third kappa shape index (κ3) is 3.45. The summed E-state index contributed by atoms with van der Waals surface area (Å²) in [5.41, 5.74) is -0.0281. The first kappa shape index (κ1) is 13.5. The van der Waals surface area contributed by atoms with Crippen LogP contribution in [0.15, 0.2) is 12.1 Å². The number of hydrogen-bond acceptors (Lipinski definition) is 2. The van der Waals surface area contributed by atoms with E-state index in [0.29, 0.717) is 6.07 Å². The van der Waals surface area contributed by atoms with Crippen LogP contribution in [0.5, 0.6) is 0 Å². The highest BCUT2D eigenvalue weighted by atomic mass is 19.2. The van der Waals surface area contributed by atoms with Crippen LogP contribution in [-0.4, -0.2) is 19.0 Å². The summed E-state index contributed by atoms with van der Waals surface area (Å²) in [6, 6.07) is 0.707. The minimum atomic E-state index is -1.23. The lowest BCUT2D eigenvalue weighted by Gasteiger charge is -2.12. The molecule has 1 amide bonds. The molecule has 1 rings (SSSR count). The first-order valence-corrected chi connectivity index (χ1v) is 5.04. The molecule has 94 valence electrons. The monoisotopic (exact) mass is 246 g/mol. The van der Waals surface area contributed by atoms with E-state index in [1.807, 2.05) is 0 Å². The molecule has 0 bridgehead atoms. The maximum Gasteiger partial charge on any atom is 0.236 e. The highest BCUT2D eigenvalue weighted by molar-refractivity contribution is 5.80. The lowest BCUT2D eigenvalue weighted by atomic mass is 10.2. The summed E-state index contributed by atoms with van der Waals surface area (Å²) in [7, 11) is 1.47. The molecule has 1 aromatic rings. The minimum Gasteiger partial charge on any atom is -0.358 e. The Balaban J connectivity index is 2.70. The van der Waals surface area contributed by atoms with E-state index < -0.39 is 23.5 Å². The van der Waals surface area contributed by atoms with Crippen LogP contribution in [0.2, 0.25) is 0 Å². The molecule has 1 atom stereocenters. The van der Waals surface area contributed by atoms with Gasteiger partial charge in [0.15, 0.2) is 11.6 Å². The van der Waals surface area contributed by atoms with Crippen molar-refractivity contribution < 1.29 is 18.0 Å². The van der Waals surface area contributed by atoms with Crippen molar-refractivity contribution in [1.82, 2.24) is 10.6 Å². The summed E-state index contributed by atoms with van der Waals surface area (Å²) in [6.45, 7) is 1.52. The van der Waals surface area contributed by atoms with Gasteiger partial charge in [0.2, 0.25) is 5.91 Å². The van der Waals surface area contributed by atoms with Crippen molar-refractivity contribution in [2.45, 2.75) is 19.5 Å². The van der Waals surface area contributed by atoms with E-state index in [2.05, 4.69) is 10.6 Å². The Hall–Kier alpha value is -1.56. The number of nitrogens with one attached hydrogen (secondary N) is 2. The zero-order chi connectivity index (χ0) is 13.0. The van der Waals surface area contributed by atoms with E-state index in [9.17, 15) is 18.0 Å². The number of rotatable bonds is 4. The molecule has 1 aromatic carbocycles. The Bertz CT molecular complexity index is 423. The number of carbonyl (C=O) groups is 1. The number of likely N-dealkylation sites (N-methyl/N-ethyl adjacent to an activating group) is 1. The van der Waals surface area contributed by atoms with Crippen LogP contribution >= 0.6 is 0 Å². The van der Waals surface area contributed by atoms with Crippen molar-refractivity contribution in [2.75, 3.05) is 7.05 Å². The Labute approximate surface area is 97.0 Å². The molecule has 0 aliphatic heterocycles. The quantitative estimate of drug-likeness (QED) is 0.787. The van der Waals surface area contributed by atoms with E-state index in [0.717, 1.165) is 6.07 Å². The van der Waals surface area contributed by atoms with Crippen LogP contribution in [0.4, 0.5) is 13.2 Å². The molecule has 6 heteroatoms. The lowest BCUT2D eigenvalue weighted by Crippen LogP contribution is -2.40. The molecule has 0 aromatic heterocycles. The summed E-state index contributed by atoms with van der Waals surface area (Å²) >= 11 is 0. The predicted octanol–water partition coefficient (Wildman–Crippen LogP) is 1.33. The zero-order valence-electron chi connectivity index (χ0n) is 9.48. The van der Waals surface area contributed by atoms with E-state index in [-0.39, 0.29) is 18.0 Å². The molecule has 0 saturated carbocycles. The zero-order valence-corrected chi connectivity index (χ0v) is 9.48. The molecule has 17 heavy (non-hydrogen) atoms. The maximum absolute atomic E-state index is 13.2. The molecule has 0 radical (unpaired) electrons. The van der Waals surface area contributed by atoms with E-state index >= 15 is 0 Å². The average Bonchev–Trinajstić information content (AvgIpc) is 2.30. The summed E-state index contributed by atoms with van der Waals surface area (Å²) in [5, 5.41) is 5.10. The Morgan fingerprint density at radius 2 is 1.82 bits per heavy atom. The summed E-state index contributed by atoms with van der Waals surface area (Å²) in [4.78, 5) is 11.1. The van der Waals surface area contributed by atoms with Gasteiger partial charge in [-0.2, -0.15) is 0 Å². The standard InChI is InChI=1S/C11H13F3N2O/c1-6(11(17)15-2)16-5-7-3-9(13)10(14)4-8(7)12/h3-4,6,16H,5H2,1-2H3,(H,15,17). The van der Waals surface area contributed by atoms with Crippen molar-refractivity contribution in [3.8, 4) is 0 Å². The van der Waals surface area contributed by atoms with Crippen molar-refractivity contribution in [2.24, 2.45) is 0 Å². The topological polar surface area (TPSA) is 41.1 Å². The third-order valence-corrected chi connectivity index (χ3v) is 2.33. The van der Waals surface area contributed by atoms with Gasteiger partial charge in [0.05, 0.1) is 6.04 Å². The third-order valence-electron chi connectivity index (χ3n) is 2.33. The molecule has 0 aliphatic carbocycles. The molecular weight excluding hydrogens is 233 g/mol. The van der Waals surface area contributed by atoms with Gasteiger partial charge >= 0.3 is 0 Å². The van der Waals surface area contributed by atoms with Gasteiger partial charge in [-0.15, -0.1) is 0 Å². The number of halogens is 3. The van der Waals surface area contributed by atoms with Crippen molar-refractivity contribution in [3.05, 3.63) is 35.1 Å². The number of benzene rings is 1. The van der Waals surface area contributed by atoms with Crippen molar-refractivity contribution in [3.63, 3.8) is 0 Å². The van der Waals surface area contributed by atoms with Gasteiger partial charge < -0.3 is 10.6 Å². The molecule has 0 spiro atoms. The van der Waals surface area contributed by atoms with Crippen LogP contribution in [0.1, 0.15) is 12.5 Å². The molecule has 0 fully saturated rings. The summed E-state index contributed by atoms with van der Waals surface area (Å²) < 4.78 is 38.7. The Kier molecular flexibility index (Phi) is 4.51. The van der Waals surface area contributed by atoms with Gasteiger partial charge in [-0.25, -0.2) is 13.2 Å². The SMILES string of the molecule is CNC(=O)C(C)NCc1cc(F)c(F)cc1F. The van der Waals surface area contributed by atoms with Crippen molar-refractivity contribution in [1.29, 1.82) is 0 Å². The van der Waals surface area contributed by atoms with Crippen LogP contribution < -0.4 is 10.6 Å². The fourth-order valence-corrected chi connectivity index (χ4v) is 1.27. The molecule has 0 heterocycles. The van der Waals surface area contributed by atoms with E-state index in [4.69, 9.17) is 0 Å². The van der Waals surface area contributed by atoms with Gasteiger partial charge in [0, 0.05) is 25.2 Å². The normalized spacial score (nSPS) is 12.3. The van der Waals surface area contributed by atoms with Crippen LogP contribution in [-0.2, 0) is 11.3 Å². The second-order valence-corrected chi connectivity index (χ2v) is 3.57. The van der Waals surface area contributed by atoms with Gasteiger partial charge in [-0.1, -0.05) is 0 Å². The maximum atomic E-state index is 13.2. The highest BCUT2D eigenvalue weighted by Gasteiger charge is 2.13. The second-order valence-electron chi connectivity index (χ2n) is 3.57. The number of hydrogen-bond donors (Lipinski definition) is 2. The largest absolute Gasteiger partial charge is 0.358 e. The van der Waals surface area contributed by atoms with Gasteiger partial charge in [0.1, 0.15) is 5.82 Å². The predicted molar refractivity (Wildman–Crippen MR) is 56.7 cm³/mol. The summed E-state index contributed by atoms with van der Waals surface area (Å²) in [5.74, 6) is -3.46. The van der Waals surface area contributed by atoms with E-state index in [1.54, 1.807) is 6.92 Å². The highest BCUT2D eigenvalue weighted by Crippen LogP contribution is 2.13. The second kappa shape index (κ2) is 5.67. The molecule has 1 unspecified atom stereocenters. The average molecular weight is 246 g/mol. The van der Waals surface area contributed by atoms with Crippen molar-refractivity contribution >= 4 is 5.91 Å². The number of amides is 1. The minimum absolute atomic E-state index is 0.0281. The first-order valence-electron chi connectivity index (χ1n) is 5.04. The molecule has 2 N–H and O–H groups in total. The Morgan fingerprint density at radius 3 is 2.41 bits per heavy atom.